The molecule has 1 aromatic rings. The van der Waals surface area contributed by atoms with Crippen molar-refractivity contribution in [2.45, 2.75) is 19.4 Å². The largest absolute Gasteiger partial charge is 0.398 e. The van der Waals surface area contributed by atoms with E-state index in [1.54, 1.807) is 0 Å². The Morgan fingerprint density at radius 1 is 1.53 bits per heavy atom. The van der Waals surface area contributed by atoms with Crippen molar-refractivity contribution in [1.29, 1.82) is 0 Å². The van der Waals surface area contributed by atoms with Crippen LogP contribution in [0.15, 0.2) is 18.2 Å². The molecule has 1 saturated heterocycles. The number of benzene rings is 1. The third kappa shape index (κ3) is 2.13. The van der Waals surface area contributed by atoms with E-state index in [9.17, 15) is 5.11 Å². The summed E-state index contributed by atoms with van der Waals surface area (Å²) in [6, 6.07) is 5.89. The number of nitrogen functional groups attached to an aromatic ring is 1. The van der Waals surface area contributed by atoms with Gasteiger partial charge >= 0.3 is 0 Å². The smallest absolute Gasteiger partial charge is 0.0846 e. The molecule has 82 valence electrons. The minimum Gasteiger partial charge on any atom is -0.398 e. The maximum absolute atomic E-state index is 10.2. The van der Waals surface area contributed by atoms with Crippen LogP contribution in [0.2, 0.25) is 0 Å². The van der Waals surface area contributed by atoms with Crippen LogP contribution >= 0.6 is 11.8 Å². The number of para-hydroxylation sites is 1. The van der Waals surface area contributed by atoms with E-state index in [4.69, 9.17) is 5.73 Å². The molecule has 0 spiro atoms. The van der Waals surface area contributed by atoms with Crippen LogP contribution in [0.25, 0.3) is 0 Å². The lowest BCUT2D eigenvalue weighted by molar-refractivity contribution is 0.122. The number of nitrogens with two attached hydrogens (primary N) is 1. The fourth-order valence-corrected chi connectivity index (χ4v) is 3.30. The van der Waals surface area contributed by atoms with Gasteiger partial charge in [0.05, 0.1) is 6.10 Å². The predicted octanol–water partition coefficient (Wildman–Crippen LogP) is 2.36. The first-order chi connectivity index (χ1) is 7.20. The SMILES string of the molecule is Cc1cccc(C(O)C2CCSC2)c1N. The normalized spacial score (nSPS) is 22.9. The van der Waals surface area contributed by atoms with Gasteiger partial charge in [-0.2, -0.15) is 11.8 Å². The van der Waals surface area contributed by atoms with Gasteiger partial charge in [-0.15, -0.1) is 0 Å². The summed E-state index contributed by atoms with van der Waals surface area (Å²) in [5, 5.41) is 10.2. The molecule has 15 heavy (non-hydrogen) atoms. The average Bonchev–Trinajstić information content (AvgIpc) is 2.74. The molecule has 0 amide bonds. The second kappa shape index (κ2) is 4.45. The number of aliphatic hydroxyl groups excluding tert-OH is 1. The Morgan fingerprint density at radius 2 is 2.33 bits per heavy atom. The van der Waals surface area contributed by atoms with Gasteiger partial charge in [-0.25, -0.2) is 0 Å². The summed E-state index contributed by atoms with van der Waals surface area (Å²) >= 11 is 1.91. The summed E-state index contributed by atoms with van der Waals surface area (Å²) in [5.74, 6) is 2.58. The molecule has 1 aliphatic rings. The highest BCUT2D eigenvalue weighted by molar-refractivity contribution is 7.99. The molecule has 1 aliphatic heterocycles. The highest BCUT2D eigenvalue weighted by Crippen LogP contribution is 2.36. The van der Waals surface area contributed by atoms with Crippen molar-refractivity contribution in [1.82, 2.24) is 0 Å². The molecule has 0 aromatic heterocycles. The zero-order valence-electron chi connectivity index (χ0n) is 8.94. The Morgan fingerprint density at radius 3 is 3.00 bits per heavy atom. The minimum atomic E-state index is -0.389. The van der Waals surface area contributed by atoms with Gasteiger partial charge in [0.15, 0.2) is 0 Å². The summed E-state index contributed by atoms with van der Waals surface area (Å²) < 4.78 is 0. The van der Waals surface area contributed by atoms with Crippen LogP contribution in [0.1, 0.15) is 23.7 Å². The van der Waals surface area contributed by atoms with Crippen LogP contribution < -0.4 is 5.73 Å². The van der Waals surface area contributed by atoms with Crippen molar-refractivity contribution in [3.63, 3.8) is 0 Å². The van der Waals surface area contributed by atoms with E-state index in [2.05, 4.69) is 0 Å². The van der Waals surface area contributed by atoms with Gasteiger partial charge < -0.3 is 10.8 Å². The van der Waals surface area contributed by atoms with E-state index in [1.165, 1.54) is 0 Å². The molecular weight excluding hydrogens is 206 g/mol. The maximum atomic E-state index is 10.2. The zero-order chi connectivity index (χ0) is 10.8. The first kappa shape index (κ1) is 10.8. The minimum absolute atomic E-state index is 0.374. The molecule has 0 radical (unpaired) electrons. The first-order valence-electron chi connectivity index (χ1n) is 5.31. The Bertz CT molecular complexity index is 347. The number of hydrogen-bond acceptors (Lipinski definition) is 3. The van der Waals surface area contributed by atoms with Gasteiger partial charge in [0.2, 0.25) is 0 Å². The van der Waals surface area contributed by atoms with Gasteiger partial charge in [0.1, 0.15) is 0 Å². The fraction of sp³-hybridized carbons (Fsp3) is 0.500. The standard InChI is InChI=1S/C12H17NOS/c1-8-3-2-4-10(11(8)13)12(14)9-5-6-15-7-9/h2-4,9,12,14H,5-7,13H2,1H3. The molecule has 0 saturated carbocycles. The number of anilines is 1. The quantitative estimate of drug-likeness (QED) is 0.757. The highest BCUT2D eigenvalue weighted by atomic mass is 32.2. The lowest BCUT2D eigenvalue weighted by Gasteiger charge is -2.20. The van der Waals surface area contributed by atoms with Crippen molar-refractivity contribution in [2.24, 2.45) is 5.92 Å². The van der Waals surface area contributed by atoms with E-state index in [1.807, 2.05) is 36.9 Å². The zero-order valence-corrected chi connectivity index (χ0v) is 9.76. The van der Waals surface area contributed by atoms with Crippen molar-refractivity contribution in [3.05, 3.63) is 29.3 Å². The molecule has 2 atom stereocenters. The number of rotatable bonds is 2. The van der Waals surface area contributed by atoms with Gasteiger partial charge in [-0.1, -0.05) is 18.2 Å². The topological polar surface area (TPSA) is 46.2 Å². The van der Waals surface area contributed by atoms with Crippen LogP contribution in [0, 0.1) is 12.8 Å². The Hall–Kier alpha value is -0.670. The summed E-state index contributed by atoms with van der Waals surface area (Å²) in [6.45, 7) is 1.98. The summed E-state index contributed by atoms with van der Waals surface area (Å²) in [7, 11) is 0. The third-order valence-corrected chi connectivity index (χ3v) is 4.28. The van der Waals surface area contributed by atoms with Crippen molar-refractivity contribution in [2.75, 3.05) is 17.2 Å². The van der Waals surface area contributed by atoms with E-state index in [0.29, 0.717) is 5.92 Å². The Labute approximate surface area is 94.9 Å². The molecule has 1 heterocycles. The Balaban J connectivity index is 2.24. The second-order valence-electron chi connectivity index (χ2n) is 4.15. The molecule has 0 aliphatic carbocycles. The summed E-state index contributed by atoms with van der Waals surface area (Å²) in [4.78, 5) is 0. The van der Waals surface area contributed by atoms with E-state index >= 15 is 0 Å². The Kier molecular flexibility index (Phi) is 3.22. The third-order valence-electron chi connectivity index (χ3n) is 3.09. The van der Waals surface area contributed by atoms with Crippen LogP contribution in [-0.2, 0) is 0 Å². The molecule has 3 heteroatoms. The van der Waals surface area contributed by atoms with Crippen molar-refractivity contribution >= 4 is 17.4 Å². The van der Waals surface area contributed by atoms with E-state index < -0.39 is 0 Å². The summed E-state index contributed by atoms with van der Waals surface area (Å²) in [5.41, 5.74) is 8.69. The fourth-order valence-electron chi connectivity index (χ4n) is 2.02. The van der Waals surface area contributed by atoms with Crippen molar-refractivity contribution in [3.8, 4) is 0 Å². The number of aliphatic hydroxyl groups is 1. The predicted molar refractivity (Wildman–Crippen MR) is 66.0 cm³/mol. The molecular formula is C12H17NOS. The van der Waals surface area contributed by atoms with Crippen LogP contribution in [0.3, 0.4) is 0 Å². The van der Waals surface area contributed by atoms with Crippen LogP contribution in [-0.4, -0.2) is 16.6 Å². The lowest BCUT2D eigenvalue weighted by Crippen LogP contribution is -2.14. The second-order valence-corrected chi connectivity index (χ2v) is 5.30. The number of hydrogen-bond donors (Lipinski definition) is 2. The molecule has 2 rings (SSSR count). The molecule has 3 N–H and O–H groups in total. The van der Waals surface area contributed by atoms with Gasteiger partial charge in [0, 0.05) is 11.3 Å². The van der Waals surface area contributed by atoms with Gasteiger partial charge in [0.25, 0.3) is 0 Å². The van der Waals surface area contributed by atoms with Gasteiger partial charge in [-0.05, 0) is 36.3 Å². The molecule has 1 fully saturated rings. The monoisotopic (exact) mass is 223 g/mol. The maximum Gasteiger partial charge on any atom is 0.0846 e. The summed E-state index contributed by atoms with van der Waals surface area (Å²) in [6.07, 6.45) is 0.707. The molecule has 2 unspecified atom stereocenters. The van der Waals surface area contributed by atoms with Crippen LogP contribution in [0.4, 0.5) is 5.69 Å². The number of thioether (sulfide) groups is 1. The molecule has 0 bridgehead atoms. The average molecular weight is 223 g/mol. The highest BCUT2D eigenvalue weighted by Gasteiger charge is 2.26. The van der Waals surface area contributed by atoms with E-state index in [0.717, 1.165) is 34.7 Å². The van der Waals surface area contributed by atoms with E-state index in [-0.39, 0.29) is 6.10 Å². The molecule has 1 aromatic carbocycles. The first-order valence-corrected chi connectivity index (χ1v) is 6.46. The van der Waals surface area contributed by atoms with Crippen LogP contribution in [0.5, 0.6) is 0 Å². The van der Waals surface area contributed by atoms with Gasteiger partial charge in [-0.3, -0.25) is 0 Å². The lowest BCUT2D eigenvalue weighted by atomic mass is 9.93. The van der Waals surface area contributed by atoms with Crippen molar-refractivity contribution < 1.29 is 5.11 Å². The molecule has 2 nitrogen and oxygen atoms in total. The number of aryl methyl sites for hydroxylation is 1.